The van der Waals surface area contributed by atoms with Gasteiger partial charge in [-0.05, 0) is 80.5 Å². The fourth-order valence-corrected chi connectivity index (χ4v) is 10.2. The number of sulfone groups is 1. The number of piperidine rings is 1. The average molecular weight is 859 g/mol. The van der Waals surface area contributed by atoms with Crippen LogP contribution in [0.2, 0.25) is 0 Å². The molecule has 60 heavy (non-hydrogen) atoms. The third-order valence-electron chi connectivity index (χ3n) is 10.9. The number of hydrogen-bond donors (Lipinski definition) is 3. The Kier molecular flexibility index (Phi) is 12.5. The summed E-state index contributed by atoms with van der Waals surface area (Å²) in [7, 11) is -1.34. The van der Waals surface area contributed by atoms with E-state index in [2.05, 4.69) is 15.6 Å². The van der Waals surface area contributed by atoms with Gasteiger partial charge in [0.15, 0.2) is 6.61 Å². The number of nitrogens with zero attached hydrogens (tertiary/aromatic N) is 3. The molecule has 0 radical (unpaired) electrons. The molecular formula is C42H46N6O10S2. The Morgan fingerprint density at radius 1 is 0.950 bits per heavy atom. The fourth-order valence-electron chi connectivity index (χ4n) is 7.62. The number of amides is 5. The van der Waals surface area contributed by atoms with E-state index in [4.69, 9.17) is 15.2 Å². The largest absolute Gasteiger partial charge is 0.493 e. The van der Waals surface area contributed by atoms with Crippen LogP contribution in [0, 0.1) is 6.92 Å². The molecule has 2 aromatic heterocycles. The van der Waals surface area contributed by atoms with Crippen LogP contribution >= 0.6 is 11.3 Å². The second-order valence-electron chi connectivity index (χ2n) is 15.2. The number of imide groups is 2. The third-order valence-corrected chi connectivity index (χ3v) is 13.8. The van der Waals surface area contributed by atoms with Crippen LogP contribution in [-0.2, 0) is 31.3 Å². The van der Waals surface area contributed by atoms with Crippen molar-refractivity contribution in [1.82, 2.24) is 20.1 Å². The number of rotatable bonds is 15. The normalized spacial score (nSPS) is 18.1. The maximum Gasteiger partial charge on any atom is 0.266 e. The molecule has 2 aromatic carbocycles. The van der Waals surface area contributed by atoms with Crippen molar-refractivity contribution in [3.05, 3.63) is 80.6 Å². The summed E-state index contributed by atoms with van der Waals surface area (Å²) in [4.78, 5) is 82.1. The van der Waals surface area contributed by atoms with Gasteiger partial charge in [0.05, 0.1) is 45.5 Å². The zero-order chi connectivity index (χ0) is 42.7. The van der Waals surface area contributed by atoms with E-state index in [-0.39, 0.29) is 71.2 Å². The molecule has 1 unspecified atom stereocenters. The number of thiophene rings is 1. The summed E-state index contributed by atoms with van der Waals surface area (Å²) >= 11 is 1.37. The smallest absolute Gasteiger partial charge is 0.266 e. The zero-order valence-corrected chi connectivity index (χ0v) is 34.9. The predicted molar refractivity (Wildman–Crippen MR) is 225 cm³/mol. The molecule has 0 aliphatic carbocycles. The molecule has 7 rings (SSSR count). The summed E-state index contributed by atoms with van der Waals surface area (Å²) in [5, 5.41) is 5.58. The number of nitrogens with one attached hydrogen (secondary N) is 2. The van der Waals surface area contributed by atoms with Gasteiger partial charge in [0, 0.05) is 36.5 Å². The number of pyridine rings is 1. The third kappa shape index (κ3) is 9.13. The highest BCUT2D eigenvalue weighted by molar-refractivity contribution is 7.91. The van der Waals surface area contributed by atoms with Crippen molar-refractivity contribution in [1.29, 1.82) is 0 Å². The molecule has 3 aliphatic rings. The number of carbonyl (C=O) groups is 5. The van der Waals surface area contributed by atoms with Crippen LogP contribution in [-0.4, -0.2) is 96.6 Å². The van der Waals surface area contributed by atoms with Gasteiger partial charge in [-0.25, -0.2) is 8.42 Å². The minimum absolute atomic E-state index is 0.0409. The van der Waals surface area contributed by atoms with Gasteiger partial charge in [0.2, 0.25) is 11.8 Å². The monoisotopic (exact) mass is 858 g/mol. The van der Waals surface area contributed by atoms with E-state index in [1.165, 1.54) is 22.0 Å². The van der Waals surface area contributed by atoms with Gasteiger partial charge in [0.25, 0.3) is 23.3 Å². The minimum Gasteiger partial charge on any atom is -0.493 e. The lowest BCUT2D eigenvalue weighted by Crippen LogP contribution is -2.54. The van der Waals surface area contributed by atoms with Crippen LogP contribution < -0.4 is 31.4 Å². The van der Waals surface area contributed by atoms with Gasteiger partial charge in [-0.15, -0.1) is 11.3 Å². The summed E-state index contributed by atoms with van der Waals surface area (Å²) in [6.45, 7) is 2.48. The van der Waals surface area contributed by atoms with Gasteiger partial charge < -0.3 is 25.1 Å². The second kappa shape index (κ2) is 17.8. The van der Waals surface area contributed by atoms with Gasteiger partial charge in [-0.2, -0.15) is 0 Å². The summed E-state index contributed by atoms with van der Waals surface area (Å²) in [6, 6.07) is 10.9. The number of benzene rings is 2. The number of unbranched alkanes of at least 4 members (excludes halogenated alkanes) is 3. The molecule has 4 aromatic rings. The Morgan fingerprint density at radius 2 is 1.72 bits per heavy atom. The lowest BCUT2D eigenvalue weighted by atomic mass is 10.0. The highest BCUT2D eigenvalue weighted by Gasteiger charge is 2.46. The topological polar surface area (TPSA) is 226 Å². The lowest BCUT2D eigenvalue weighted by molar-refractivity contribution is -0.136. The first-order valence-electron chi connectivity index (χ1n) is 19.9. The number of aliphatic imine (C=N–C) groups is 1. The predicted octanol–water partition coefficient (Wildman–Crippen LogP) is 3.39. The Bertz CT molecular complexity index is 2580. The van der Waals surface area contributed by atoms with Crippen LogP contribution in [0.5, 0.6) is 11.5 Å². The van der Waals surface area contributed by atoms with Gasteiger partial charge in [0.1, 0.15) is 33.2 Å². The van der Waals surface area contributed by atoms with Gasteiger partial charge >= 0.3 is 0 Å². The van der Waals surface area contributed by atoms with Crippen molar-refractivity contribution in [2.75, 3.05) is 31.3 Å². The Balaban J connectivity index is 0.854. The molecule has 1 atom stereocenters. The van der Waals surface area contributed by atoms with Gasteiger partial charge in [-0.3, -0.25) is 44.0 Å². The Hall–Kier alpha value is -5.88. The minimum atomic E-state index is -3.03. The first-order valence-corrected chi connectivity index (χ1v) is 22.5. The maximum atomic E-state index is 13.3. The first kappa shape index (κ1) is 42.3. The Morgan fingerprint density at radius 3 is 2.47 bits per heavy atom. The molecule has 3 aliphatic heterocycles. The summed E-state index contributed by atoms with van der Waals surface area (Å²) in [6.07, 6.45) is 5.75. The highest BCUT2D eigenvalue weighted by atomic mass is 32.2. The number of carbonyl (C=O) groups excluding carboxylic acids is 5. The summed E-state index contributed by atoms with van der Waals surface area (Å²) in [5.74, 6) is -1.29. The van der Waals surface area contributed by atoms with E-state index in [1.54, 1.807) is 37.5 Å². The van der Waals surface area contributed by atoms with Crippen LogP contribution in [0.15, 0.2) is 58.4 Å². The molecule has 16 nitrogen and oxygen atoms in total. The quantitative estimate of drug-likeness (QED) is 0.0680. The molecule has 4 N–H and O–H groups in total. The number of fused-ring (bicyclic) bond motifs is 2. The molecule has 316 valence electrons. The van der Waals surface area contributed by atoms with Crippen LogP contribution in [0.3, 0.4) is 0 Å². The Labute approximate surface area is 350 Å². The van der Waals surface area contributed by atoms with E-state index in [0.29, 0.717) is 48.4 Å². The standard InChI is InChI=1S/C42H46N6O10S2/c1-24-20-25(29-22-47(2)40(52)28-21-33(59-37(28)29)38(43)45-26-14-18-60(55,56)19-15-26)10-12-31(24)58-23-35(50)44-16-5-3-4-6-17-57-32-9-7-8-27-36(32)42(54)48(41(27)53)30-11-13-34(49)46-39(30)51/h7-10,12,20-22,26,30H,3-6,11,13-19,23H2,1-2H3,(H2,43,45)(H,44,50)(H,46,49,51). The molecule has 2 saturated heterocycles. The number of aromatic nitrogens is 1. The van der Waals surface area contributed by atoms with Crippen LogP contribution in [0.25, 0.3) is 21.2 Å². The highest BCUT2D eigenvalue weighted by Crippen LogP contribution is 2.36. The molecule has 2 fully saturated rings. The van der Waals surface area contributed by atoms with Crippen molar-refractivity contribution in [2.45, 2.75) is 70.4 Å². The van der Waals surface area contributed by atoms with Crippen LogP contribution in [0.4, 0.5) is 0 Å². The van der Waals surface area contributed by atoms with E-state index >= 15 is 0 Å². The average Bonchev–Trinajstić information content (AvgIpc) is 3.77. The SMILES string of the molecule is Cc1cc(-c2cn(C)c(=O)c3cc(C(N)=NC4CCS(=O)(=O)CC4)sc23)ccc1OCC(=O)NCCCCCCOc1cccc2c1C(=O)N(C1CCC(=O)NC1=O)C2=O. The number of ether oxygens (including phenoxy) is 2. The number of hydrogen-bond acceptors (Lipinski definition) is 12. The number of aryl methyl sites for hydroxylation is 2. The van der Waals surface area contributed by atoms with Crippen molar-refractivity contribution in [3.63, 3.8) is 0 Å². The first-order chi connectivity index (χ1) is 28.7. The van der Waals surface area contributed by atoms with E-state index in [9.17, 15) is 37.2 Å². The molecule has 5 heterocycles. The van der Waals surface area contributed by atoms with Crippen LogP contribution in [0.1, 0.15) is 82.5 Å². The van der Waals surface area contributed by atoms with Crippen molar-refractivity contribution < 1.29 is 41.9 Å². The molecule has 0 bridgehead atoms. The lowest BCUT2D eigenvalue weighted by Gasteiger charge is -2.27. The molecule has 5 amide bonds. The number of amidine groups is 1. The summed E-state index contributed by atoms with van der Waals surface area (Å²) < 4.78 is 37.7. The zero-order valence-electron chi connectivity index (χ0n) is 33.3. The molecule has 0 saturated carbocycles. The maximum absolute atomic E-state index is 13.3. The van der Waals surface area contributed by atoms with Crippen molar-refractivity contribution >= 4 is 66.6 Å². The van der Waals surface area contributed by atoms with E-state index in [1.807, 2.05) is 19.1 Å². The number of nitrogens with two attached hydrogens (primary N) is 1. The fraction of sp³-hybridized carbons (Fsp3) is 0.405. The van der Waals surface area contributed by atoms with Crippen molar-refractivity contribution in [2.24, 2.45) is 17.8 Å². The molecular weight excluding hydrogens is 813 g/mol. The molecule has 0 spiro atoms. The van der Waals surface area contributed by atoms with Gasteiger partial charge in [-0.1, -0.05) is 25.0 Å². The van der Waals surface area contributed by atoms with Crippen molar-refractivity contribution in [3.8, 4) is 22.6 Å². The summed E-state index contributed by atoms with van der Waals surface area (Å²) in [5.41, 5.74) is 8.98. The van der Waals surface area contributed by atoms with E-state index < -0.39 is 39.5 Å². The van der Waals surface area contributed by atoms with E-state index in [0.717, 1.165) is 45.6 Å². The second-order valence-corrected chi connectivity index (χ2v) is 18.6. The molecule has 18 heteroatoms.